The minimum atomic E-state index is -4.30. The van der Waals surface area contributed by atoms with Crippen molar-refractivity contribution in [2.45, 2.75) is 70.9 Å². The molecular formula is C24H46N2O6P+. The van der Waals surface area contributed by atoms with Gasteiger partial charge < -0.3 is 19.8 Å². The quantitative estimate of drug-likeness (QED) is 0.109. The number of rotatable bonds is 19. The van der Waals surface area contributed by atoms with Crippen LogP contribution in [0, 0.1) is 0 Å². The van der Waals surface area contributed by atoms with Gasteiger partial charge in [0.05, 0.1) is 39.9 Å². The summed E-state index contributed by atoms with van der Waals surface area (Å²) >= 11 is 0. The molecular weight excluding hydrogens is 443 g/mol. The summed E-state index contributed by atoms with van der Waals surface area (Å²) in [6.45, 7) is 4.22. The largest absolute Gasteiger partial charge is 0.472 e. The van der Waals surface area contributed by atoms with E-state index in [9.17, 15) is 19.4 Å². The van der Waals surface area contributed by atoms with Crippen molar-refractivity contribution in [3.05, 3.63) is 36.5 Å². The number of allylic oxidation sites excluding steroid dienone is 5. The number of aliphatic hydroxyl groups is 1. The molecule has 0 radical (unpaired) electrons. The topological polar surface area (TPSA) is 105 Å². The molecule has 0 spiro atoms. The van der Waals surface area contributed by atoms with Crippen LogP contribution in [0.25, 0.3) is 0 Å². The highest BCUT2D eigenvalue weighted by molar-refractivity contribution is 7.47. The van der Waals surface area contributed by atoms with Gasteiger partial charge in [-0.2, -0.15) is 0 Å². The van der Waals surface area contributed by atoms with Crippen LogP contribution in [-0.2, 0) is 18.4 Å². The summed E-state index contributed by atoms with van der Waals surface area (Å²) < 4.78 is 22.8. The fraction of sp³-hybridized carbons (Fsp3) is 0.708. The Hall–Kier alpha value is -1.28. The smallest absolute Gasteiger partial charge is 0.387 e. The molecule has 0 heterocycles. The maximum atomic E-state index is 12.2. The zero-order valence-electron chi connectivity index (χ0n) is 21.1. The number of aliphatic hydroxyl groups excluding tert-OH is 1. The number of carbonyl (C=O) groups is 1. The molecule has 0 bridgehead atoms. The summed E-state index contributed by atoms with van der Waals surface area (Å²) in [5, 5.41) is 13.2. The van der Waals surface area contributed by atoms with Crippen molar-refractivity contribution < 1.29 is 32.9 Å². The molecule has 0 saturated heterocycles. The maximum Gasteiger partial charge on any atom is 0.472 e. The zero-order chi connectivity index (χ0) is 25.2. The molecule has 0 rings (SSSR count). The number of likely N-dealkylation sites (N-methyl/N-ethyl adjacent to an activating group) is 1. The Morgan fingerprint density at radius 2 is 1.58 bits per heavy atom. The lowest BCUT2D eigenvalue weighted by Gasteiger charge is -2.25. The van der Waals surface area contributed by atoms with Gasteiger partial charge in [-0.05, 0) is 38.5 Å². The van der Waals surface area contributed by atoms with Crippen LogP contribution in [0.3, 0.4) is 0 Å². The Bertz CT molecular complexity index is 658. The number of quaternary nitrogens is 1. The van der Waals surface area contributed by atoms with Gasteiger partial charge in [0.2, 0.25) is 5.91 Å². The van der Waals surface area contributed by atoms with Crippen molar-refractivity contribution in [3.63, 3.8) is 0 Å². The Kier molecular flexibility index (Phi) is 17.4. The summed E-state index contributed by atoms with van der Waals surface area (Å²) in [5.74, 6) is -0.252. The van der Waals surface area contributed by atoms with Gasteiger partial charge in [-0.25, -0.2) is 4.57 Å². The van der Waals surface area contributed by atoms with Gasteiger partial charge in [-0.3, -0.25) is 13.8 Å². The molecule has 33 heavy (non-hydrogen) atoms. The second kappa shape index (κ2) is 18.1. The van der Waals surface area contributed by atoms with E-state index in [4.69, 9.17) is 9.05 Å². The zero-order valence-corrected chi connectivity index (χ0v) is 22.0. The molecule has 0 aliphatic carbocycles. The summed E-state index contributed by atoms with van der Waals surface area (Å²) in [5.41, 5.74) is 0. The summed E-state index contributed by atoms with van der Waals surface area (Å²) in [7, 11) is 1.52. The molecule has 3 unspecified atom stereocenters. The third kappa shape index (κ3) is 19.9. The van der Waals surface area contributed by atoms with E-state index in [0.717, 1.165) is 32.1 Å². The lowest BCUT2D eigenvalue weighted by molar-refractivity contribution is -0.870. The third-order valence-corrected chi connectivity index (χ3v) is 5.56. The molecule has 0 aliphatic rings. The van der Waals surface area contributed by atoms with E-state index < -0.39 is 20.0 Å². The first-order chi connectivity index (χ1) is 15.5. The van der Waals surface area contributed by atoms with Crippen molar-refractivity contribution in [3.8, 4) is 0 Å². The monoisotopic (exact) mass is 489 g/mol. The van der Waals surface area contributed by atoms with Gasteiger partial charge in [-0.15, -0.1) is 0 Å². The molecule has 0 saturated carbocycles. The molecule has 8 nitrogen and oxygen atoms in total. The van der Waals surface area contributed by atoms with E-state index in [0.29, 0.717) is 23.9 Å². The van der Waals surface area contributed by atoms with Gasteiger partial charge in [0.15, 0.2) is 0 Å². The number of amides is 1. The first-order valence-corrected chi connectivity index (χ1v) is 13.4. The highest BCUT2D eigenvalue weighted by Gasteiger charge is 2.27. The van der Waals surface area contributed by atoms with Crippen LogP contribution in [-0.4, -0.2) is 73.4 Å². The fourth-order valence-electron chi connectivity index (χ4n) is 2.65. The van der Waals surface area contributed by atoms with Crippen LogP contribution in [0.1, 0.15) is 58.8 Å². The molecule has 9 heteroatoms. The summed E-state index contributed by atoms with van der Waals surface area (Å²) in [4.78, 5) is 22.0. The number of unbranched alkanes of at least 4 members (excludes halogenated alkanes) is 2. The van der Waals surface area contributed by atoms with Gasteiger partial charge in [-0.1, -0.05) is 50.3 Å². The molecule has 0 aromatic rings. The molecule has 3 N–H and O–H groups in total. The standard InChI is InChI=1S/C24H45N2O6P/c1-6-8-9-10-11-12-13-14-15-16-18-23(27)22(25-24(28)17-7-2)21-32-33(29,30)31-20-19-26(3,4)5/h8-9,12-13,16,18,22-23,27H,6-7,10-11,14-15,17,19-21H2,1-5H3,(H-,25,28,29,30)/p+1/b9-8+,13-12+,18-16+. The fourth-order valence-corrected chi connectivity index (χ4v) is 3.38. The maximum absolute atomic E-state index is 12.2. The van der Waals surface area contributed by atoms with E-state index in [1.54, 1.807) is 6.08 Å². The predicted octanol–water partition coefficient (Wildman–Crippen LogP) is 4.11. The Morgan fingerprint density at radius 1 is 1.00 bits per heavy atom. The second-order valence-electron chi connectivity index (χ2n) is 8.96. The highest BCUT2D eigenvalue weighted by Crippen LogP contribution is 2.43. The van der Waals surface area contributed by atoms with Crippen molar-refractivity contribution in [1.29, 1.82) is 0 Å². The van der Waals surface area contributed by atoms with Crippen LogP contribution < -0.4 is 5.32 Å². The molecule has 3 atom stereocenters. The van der Waals surface area contributed by atoms with Crippen LogP contribution in [0.15, 0.2) is 36.5 Å². The Morgan fingerprint density at radius 3 is 2.12 bits per heavy atom. The van der Waals surface area contributed by atoms with E-state index >= 15 is 0 Å². The molecule has 0 aromatic heterocycles. The molecule has 0 aromatic carbocycles. The third-order valence-electron chi connectivity index (χ3n) is 4.57. The normalized spacial score (nSPS) is 16.5. The van der Waals surface area contributed by atoms with Crippen LogP contribution >= 0.6 is 7.82 Å². The Labute approximate surface area is 200 Å². The van der Waals surface area contributed by atoms with E-state index in [1.165, 1.54) is 0 Å². The second-order valence-corrected chi connectivity index (χ2v) is 10.4. The van der Waals surface area contributed by atoms with Gasteiger partial charge in [0, 0.05) is 6.42 Å². The minimum absolute atomic E-state index is 0.0506. The number of phosphoric ester groups is 1. The number of hydrogen-bond donors (Lipinski definition) is 3. The van der Waals surface area contributed by atoms with Gasteiger partial charge >= 0.3 is 7.82 Å². The predicted molar refractivity (Wildman–Crippen MR) is 134 cm³/mol. The van der Waals surface area contributed by atoms with Crippen molar-refractivity contribution >= 4 is 13.7 Å². The van der Waals surface area contributed by atoms with Crippen molar-refractivity contribution in [2.75, 3.05) is 40.9 Å². The average molecular weight is 490 g/mol. The minimum Gasteiger partial charge on any atom is -0.387 e. The number of nitrogens with zero attached hydrogens (tertiary/aromatic N) is 1. The molecule has 192 valence electrons. The van der Waals surface area contributed by atoms with Crippen LogP contribution in [0.2, 0.25) is 0 Å². The van der Waals surface area contributed by atoms with Crippen molar-refractivity contribution in [2.24, 2.45) is 0 Å². The van der Waals surface area contributed by atoms with E-state index in [1.807, 2.05) is 34.1 Å². The van der Waals surface area contributed by atoms with Crippen molar-refractivity contribution in [1.82, 2.24) is 5.32 Å². The number of nitrogens with one attached hydrogen (secondary N) is 1. The number of phosphoric acid groups is 1. The van der Waals surface area contributed by atoms with Crippen LogP contribution in [0.4, 0.5) is 0 Å². The summed E-state index contributed by atoms with van der Waals surface area (Å²) in [6, 6.07) is -0.858. The van der Waals surface area contributed by atoms with E-state index in [-0.39, 0.29) is 19.1 Å². The molecule has 1 amide bonds. The summed E-state index contributed by atoms with van der Waals surface area (Å²) in [6.07, 6.45) is 16.6. The van der Waals surface area contributed by atoms with Gasteiger partial charge in [0.25, 0.3) is 0 Å². The first-order valence-electron chi connectivity index (χ1n) is 11.9. The van der Waals surface area contributed by atoms with Crippen LogP contribution in [0.5, 0.6) is 0 Å². The number of hydrogen-bond acceptors (Lipinski definition) is 5. The van der Waals surface area contributed by atoms with E-state index in [2.05, 4.69) is 36.5 Å². The molecule has 0 fully saturated rings. The highest BCUT2D eigenvalue weighted by atomic mass is 31.2. The lowest BCUT2D eigenvalue weighted by atomic mass is 10.1. The molecule has 0 aliphatic heterocycles. The first kappa shape index (κ1) is 31.7. The SMILES string of the molecule is CC/C=C/CC/C=C/CC/C=C/C(O)C(COP(=O)(O)OCC[N+](C)(C)C)NC(=O)CCC. The Balaban J connectivity index is 4.67. The lowest BCUT2D eigenvalue weighted by Crippen LogP contribution is -2.45. The van der Waals surface area contributed by atoms with Gasteiger partial charge in [0.1, 0.15) is 13.2 Å². The average Bonchev–Trinajstić information content (AvgIpc) is 2.71. The number of carbonyl (C=O) groups excluding carboxylic acids is 1.